The maximum atomic E-state index is 8.92. The topological polar surface area (TPSA) is 38.7 Å². The number of aliphatic hydroxyl groups is 1. The van der Waals surface area contributed by atoms with E-state index < -0.39 is 0 Å². The van der Waals surface area contributed by atoms with E-state index in [0.29, 0.717) is 6.42 Å². The predicted octanol–water partition coefficient (Wildman–Crippen LogP) is 2.02. The molecule has 1 heterocycles. The molecule has 0 aliphatic carbocycles. The SMILES string of the molecule is Cc1cc2c(c(Br)c1CCO)OCO2. The highest BCUT2D eigenvalue weighted by molar-refractivity contribution is 9.10. The molecule has 2 rings (SSSR count). The second-order valence-corrected chi connectivity index (χ2v) is 3.99. The van der Waals surface area contributed by atoms with E-state index >= 15 is 0 Å². The molecule has 1 aliphatic heterocycles. The van der Waals surface area contributed by atoms with Crippen molar-refractivity contribution in [1.29, 1.82) is 0 Å². The summed E-state index contributed by atoms with van der Waals surface area (Å²) in [5, 5.41) is 8.92. The monoisotopic (exact) mass is 258 g/mol. The van der Waals surface area contributed by atoms with Crippen LogP contribution in [-0.2, 0) is 6.42 Å². The average Bonchev–Trinajstić information content (AvgIpc) is 2.60. The van der Waals surface area contributed by atoms with E-state index in [0.717, 1.165) is 27.1 Å². The van der Waals surface area contributed by atoms with E-state index in [-0.39, 0.29) is 13.4 Å². The molecule has 0 saturated heterocycles. The highest BCUT2D eigenvalue weighted by Gasteiger charge is 2.20. The van der Waals surface area contributed by atoms with Crippen molar-refractivity contribution < 1.29 is 14.6 Å². The fourth-order valence-electron chi connectivity index (χ4n) is 1.58. The summed E-state index contributed by atoms with van der Waals surface area (Å²) in [5.41, 5.74) is 2.19. The Hall–Kier alpha value is -0.740. The van der Waals surface area contributed by atoms with Gasteiger partial charge in [-0.25, -0.2) is 0 Å². The molecule has 76 valence electrons. The van der Waals surface area contributed by atoms with Crippen LogP contribution in [0, 0.1) is 6.92 Å². The molecule has 0 fully saturated rings. The largest absolute Gasteiger partial charge is 0.454 e. The Morgan fingerprint density at radius 3 is 3.00 bits per heavy atom. The van der Waals surface area contributed by atoms with Crippen molar-refractivity contribution in [3.8, 4) is 11.5 Å². The van der Waals surface area contributed by atoms with Crippen molar-refractivity contribution in [3.05, 3.63) is 21.7 Å². The van der Waals surface area contributed by atoms with Gasteiger partial charge in [-0.1, -0.05) is 0 Å². The van der Waals surface area contributed by atoms with Gasteiger partial charge in [-0.2, -0.15) is 0 Å². The Balaban J connectivity index is 2.51. The summed E-state index contributed by atoms with van der Waals surface area (Å²) >= 11 is 3.47. The van der Waals surface area contributed by atoms with Crippen molar-refractivity contribution in [1.82, 2.24) is 0 Å². The minimum Gasteiger partial charge on any atom is -0.454 e. The molecule has 14 heavy (non-hydrogen) atoms. The Labute approximate surface area is 90.8 Å². The molecule has 4 heteroatoms. The summed E-state index contributed by atoms with van der Waals surface area (Å²) in [5.74, 6) is 1.52. The second kappa shape index (κ2) is 3.79. The molecule has 1 aromatic carbocycles. The lowest BCUT2D eigenvalue weighted by atomic mass is 10.1. The number of benzene rings is 1. The lowest BCUT2D eigenvalue weighted by molar-refractivity contribution is 0.173. The first-order valence-corrected chi connectivity index (χ1v) is 5.21. The molecule has 0 radical (unpaired) electrons. The van der Waals surface area contributed by atoms with Gasteiger partial charge >= 0.3 is 0 Å². The van der Waals surface area contributed by atoms with Gasteiger partial charge in [0.2, 0.25) is 6.79 Å². The zero-order valence-electron chi connectivity index (χ0n) is 7.84. The minimum absolute atomic E-state index is 0.138. The van der Waals surface area contributed by atoms with Gasteiger partial charge in [0.25, 0.3) is 0 Å². The third kappa shape index (κ3) is 1.48. The number of fused-ring (bicyclic) bond motifs is 1. The quantitative estimate of drug-likeness (QED) is 0.883. The molecule has 3 nitrogen and oxygen atoms in total. The van der Waals surface area contributed by atoms with Crippen molar-refractivity contribution in [2.45, 2.75) is 13.3 Å². The van der Waals surface area contributed by atoms with Crippen LogP contribution in [0.2, 0.25) is 0 Å². The van der Waals surface area contributed by atoms with Gasteiger partial charge in [0.1, 0.15) is 0 Å². The van der Waals surface area contributed by atoms with Gasteiger partial charge in [-0.3, -0.25) is 0 Å². The Morgan fingerprint density at radius 1 is 1.50 bits per heavy atom. The van der Waals surface area contributed by atoms with Crippen LogP contribution in [0.25, 0.3) is 0 Å². The first-order valence-electron chi connectivity index (χ1n) is 4.42. The number of halogens is 1. The summed E-state index contributed by atoms with van der Waals surface area (Å²) in [6, 6.07) is 1.94. The standard InChI is InChI=1S/C10H11BrO3/c1-6-4-8-10(14-5-13-8)9(11)7(6)2-3-12/h4,12H,2-3,5H2,1H3. The number of rotatable bonds is 2. The molecule has 0 spiro atoms. The zero-order chi connectivity index (χ0) is 10.1. The summed E-state index contributed by atoms with van der Waals surface area (Å²) < 4.78 is 11.5. The molecule has 0 amide bonds. The Kier molecular flexibility index (Phi) is 2.65. The lowest BCUT2D eigenvalue weighted by Gasteiger charge is -2.09. The third-order valence-electron chi connectivity index (χ3n) is 2.29. The number of aryl methyl sites for hydroxylation is 1. The van der Waals surface area contributed by atoms with Gasteiger partial charge in [-0.05, 0) is 46.5 Å². The van der Waals surface area contributed by atoms with E-state index in [4.69, 9.17) is 14.6 Å². The molecule has 0 aromatic heterocycles. The predicted molar refractivity (Wildman–Crippen MR) is 55.8 cm³/mol. The smallest absolute Gasteiger partial charge is 0.231 e. The highest BCUT2D eigenvalue weighted by Crippen LogP contribution is 2.42. The van der Waals surface area contributed by atoms with Crippen molar-refractivity contribution in [2.24, 2.45) is 0 Å². The maximum absolute atomic E-state index is 8.92. The number of hydrogen-bond donors (Lipinski definition) is 1. The lowest BCUT2D eigenvalue weighted by Crippen LogP contribution is -1.96. The third-order valence-corrected chi connectivity index (χ3v) is 3.13. The van der Waals surface area contributed by atoms with Crippen molar-refractivity contribution >= 4 is 15.9 Å². The van der Waals surface area contributed by atoms with Gasteiger partial charge in [0.05, 0.1) is 4.47 Å². The zero-order valence-corrected chi connectivity index (χ0v) is 9.43. The van der Waals surface area contributed by atoms with E-state index in [1.54, 1.807) is 0 Å². The van der Waals surface area contributed by atoms with Crippen molar-refractivity contribution in [2.75, 3.05) is 13.4 Å². The molecule has 0 bridgehead atoms. The van der Waals surface area contributed by atoms with E-state index in [9.17, 15) is 0 Å². The van der Waals surface area contributed by atoms with Crippen LogP contribution in [0.5, 0.6) is 11.5 Å². The fraction of sp³-hybridized carbons (Fsp3) is 0.400. The Bertz CT molecular complexity index is 363. The van der Waals surface area contributed by atoms with Gasteiger partial charge in [0, 0.05) is 6.61 Å². The first kappa shape index (κ1) is 9.80. The van der Waals surface area contributed by atoms with E-state index in [1.807, 2.05) is 13.0 Å². The van der Waals surface area contributed by atoms with Crippen LogP contribution in [-0.4, -0.2) is 18.5 Å². The molecule has 1 aromatic rings. The summed E-state index contributed by atoms with van der Waals surface area (Å²) in [6.07, 6.45) is 0.628. The molecule has 0 atom stereocenters. The fourth-order valence-corrected chi connectivity index (χ4v) is 2.40. The minimum atomic E-state index is 0.138. The van der Waals surface area contributed by atoms with Gasteiger partial charge in [-0.15, -0.1) is 0 Å². The summed E-state index contributed by atoms with van der Waals surface area (Å²) in [4.78, 5) is 0. The van der Waals surface area contributed by atoms with Crippen LogP contribution in [0.15, 0.2) is 10.5 Å². The molecule has 1 aliphatic rings. The average molecular weight is 259 g/mol. The first-order chi connectivity index (χ1) is 6.74. The normalized spacial score (nSPS) is 13.4. The van der Waals surface area contributed by atoms with Crippen molar-refractivity contribution in [3.63, 3.8) is 0 Å². The van der Waals surface area contributed by atoms with Crippen LogP contribution < -0.4 is 9.47 Å². The van der Waals surface area contributed by atoms with Gasteiger partial charge in [0.15, 0.2) is 11.5 Å². The van der Waals surface area contributed by atoms with E-state index in [2.05, 4.69) is 15.9 Å². The molecule has 0 unspecified atom stereocenters. The Morgan fingerprint density at radius 2 is 2.29 bits per heavy atom. The van der Waals surface area contributed by atoms with Gasteiger partial charge < -0.3 is 14.6 Å². The molecule has 0 saturated carbocycles. The maximum Gasteiger partial charge on any atom is 0.231 e. The molecular formula is C10H11BrO3. The molecular weight excluding hydrogens is 248 g/mol. The number of hydrogen-bond acceptors (Lipinski definition) is 3. The number of ether oxygens (including phenoxy) is 2. The molecule has 1 N–H and O–H groups in total. The number of aliphatic hydroxyl groups excluding tert-OH is 1. The van der Waals surface area contributed by atoms with Crippen LogP contribution in [0.4, 0.5) is 0 Å². The summed E-state index contributed by atoms with van der Waals surface area (Å²) in [7, 11) is 0. The second-order valence-electron chi connectivity index (χ2n) is 3.19. The van der Waals surface area contributed by atoms with Crippen LogP contribution >= 0.6 is 15.9 Å². The van der Waals surface area contributed by atoms with Crippen LogP contribution in [0.1, 0.15) is 11.1 Å². The van der Waals surface area contributed by atoms with Crippen LogP contribution in [0.3, 0.4) is 0 Å². The van der Waals surface area contributed by atoms with E-state index in [1.165, 1.54) is 0 Å². The summed E-state index contributed by atoms with van der Waals surface area (Å²) in [6.45, 7) is 2.41. The highest BCUT2D eigenvalue weighted by atomic mass is 79.9.